The maximum atomic E-state index is 11.9. The molecule has 124 valence electrons. The van der Waals surface area contributed by atoms with Crippen molar-refractivity contribution in [1.29, 1.82) is 0 Å². The largest absolute Gasteiger partial charge is 0.373 e. The molecule has 1 saturated heterocycles. The average Bonchev–Trinajstić information content (AvgIpc) is 2.88. The summed E-state index contributed by atoms with van der Waals surface area (Å²) in [4.78, 5) is 21.6. The lowest BCUT2D eigenvalue weighted by Gasteiger charge is -2.35. The Hall–Kier alpha value is -2.12. The highest BCUT2D eigenvalue weighted by atomic mass is 16.5. The summed E-state index contributed by atoms with van der Waals surface area (Å²) in [7, 11) is 0. The van der Waals surface area contributed by atoms with Crippen LogP contribution in [0.5, 0.6) is 0 Å². The van der Waals surface area contributed by atoms with Gasteiger partial charge in [0.25, 0.3) is 0 Å². The Morgan fingerprint density at radius 2 is 2.09 bits per heavy atom. The van der Waals surface area contributed by atoms with E-state index in [9.17, 15) is 4.79 Å². The quantitative estimate of drug-likeness (QED) is 0.803. The van der Waals surface area contributed by atoms with Gasteiger partial charge < -0.3 is 15.0 Å². The van der Waals surface area contributed by atoms with Crippen molar-refractivity contribution < 1.29 is 9.53 Å². The second-order valence-corrected chi connectivity index (χ2v) is 6.00. The first kappa shape index (κ1) is 15.8. The molecule has 2 atom stereocenters. The van der Waals surface area contributed by atoms with Crippen molar-refractivity contribution >= 4 is 23.0 Å². The van der Waals surface area contributed by atoms with E-state index < -0.39 is 0 Å². The van der Waals surface area contributed by atoms with Crippen LogP contribution in [0.3, 0.4) is 0 Å². The average molecular weight is 317 g/mol. The predicted molar refractivity (Wildman–Crippen MR) is 89.6 cm³/mol. The minimum atomic E-state index is -0.251. The van der Waals surface area contributed by atoms with Crippen LogP contribution in [-0.2, 0) is 4.74 Å². The molecule has 0 aliphatic carbocycles. The molecule has 1 fully saturated rings. The van der Waals surface area contributed by atoms with Crippen LogP contribution in [0.1, 0.15) is 13.8 Å². The maximum absolute atomic E-state index is 11.9. The highest BCUT2D eigenvalue weighted by molar-refractivity contribution is 5.89. The fraction of sp³-hybridized carbons (Fsp3) is 0.500. The summed E-state index contributed by atoms with van der Waals surface area (Å²) in [6.07, 6.45) is 0.478. The number of anilines is 1. The number of nitrogens with zero attached hydrogens (tertiary/aromatic N) is 2. The van der Waals surface area contributed by atoms with Crippen molar-refractivity contribution in [2.24, 2.45) is 0 Å². The number of imidazole rings is 1. The number of carbonyl (C=O) groups excluding carboxylic acids is 1. The van der Waals surface area contributed by atoms with Gasteiger partial charge in [0.05, 0.1) is 23.2 Å². The Labute approximate surface area is 135 Å². The number of rotatable bonds is 4. The molecule has 0 saturated carbocycles. The number of hydrogen-bond donors (Lipinski definition) is 3. The summed E-state index contributed by atoms with van der Waals surface area (Å²) in [6, 6.07) is 7.41. The summed E-state index contributed by atoms with van der Waals surface area (Å²) >= 11 is 0. The third-order valence-corrected chi connectivity index (χ3v) is 3.83. The summed E-state index contributed by atoms with van der Waals surface area (Å²) in [5, 5.41) is 5.59. The summed E-state index contributed by atoms with van der Waals surface area (Å²) in [5.74, 6) is 0.456. The molecule has 3 rings (SSSR count). The number of ether oxygens (including phenoxy) is 1. The van der Waals surface area contributed by atoms with Crippen molar-refractivity contribution in [2.75, 3.05) is 31.5 Å². The third-order valence-electron chi connectivity index (χ3n) is 3.83. The molecular weight excluding hydrogens is 294 g/mol. The highest BCUT2D eigenvalue weighted by Gasteiger charge is 2.21. The summed E-state index contributed by atoms with van der Waals surface area (Å²) in [6.45, 7) is 7.35. The van der Waals surface area contributed by atoms with E-state index in [-0.39, 0.29) is 18.2 Å². The van der Waals surface area contributed by atoms with Crippen LogP contribution >= 0.6 is 0 Å². The van der Waals surface area contributed by atoms with Crippen LogP contribution in [-0.4, -0.2) is 59.3 Å². The monoisotopic (exact) mass is 317 g/mol. The Kier molecular flexibility index (Phi) is 4.78. The number of nitrogens with one attached hydrogen (secondary N) is 3. The van der Waals surface area contributed by atoms with Gasteiger partial charge in [0.15, 0.2) is 0 Å². The molecule has 23 heavy (non-hydrogen) atoms. The molecule has 1 aliphatic rings. The van der Waals surface area contributed by atoms with Gasteiger partial charge in [-0.3, -0.25) is 10.2 Å². The number of hydrogen-bond acceptors (Lipinski definition) is 4. The number of carbonyl (C=O) groups is 1. The van der Waals surface area contributed by atoms with E-state index in [0.717, 1.165) is 30.7 Å². The smallest absolute Gasteiger partial charge is 0.321 e. The molecule has 7 nitrogen and oxygen atoms in total. The number of aromatic amines is 1. The third kappa shape index (κ3) is 4.20. The van der Waals surface area contributed by atoms with E-state index in [1.165, 1.54) is 0 Å². The van der Waals surface area contributed by atoms with Crippen molar-refractivity contribution in [3.63, 3.8) is 0 Å². The van der Waals surface area contributed by atoms with Crippen molar-refractivity contribution in [1.82, 2.24) is 20.2 Å². The Balaban J connectivity index is 1.44. The minimum absolute atomic E-state index is 0.239. The molecule has 0 spiro atoms. The van der Waals surface area contributed by atoms with E-state index in [1.54, 1.807) is 0 Å². The number of H-pyrrole nitrogens is 1. The van der Waals surface area contributed by atoms with Gasteiger partial charge in [-0.05, 0) is 26.0 Å². The molecule has 1 aromatic heterocycles. The first-order valence-corrected chi connectivity index (χ1v) is 7.97. The van der Waals surface area contributed by atoms with Crippen molar-refractivity contribution in [2.45, 2.75) is 26.1 Å². The maximum Gasteiger partial charge on any atom is 0.321 e. The van der Waals surface area contributed by atoms with Crippen LogP contribution in [0.25, 0.3) is 11.0 Å². The molecule has 2 aromatic rings. The number of para-hydroxylation sites is 2. The Morgan fingerprint density at radius 3 is 2.83 bits per heavy atom. The van der Waals surface area contributed by atoms with Gasteiger partial charge in [-0.25, -0.2) is 9.78 Å². The van der Waals surface area contributed by atoms with Gasteiger partial charge in [-0.1, -0.05) is 12.1 Å². The van der Waals surface area contributed by atoms with Crippen LogP contribution in [0.4, 0.5) is 10.7 Å². The van der Waals surface area contributed by atoms with E-state index in [2.05, 4.69) is 39.3 Å². The van der Waals surface area contributed by atoms with Gasteiger partial charge >= 0.3 is 6.03 Å². The predicted octanol–water partition coefficient (Wildman–Crippen LogP) is 1.79. The van der Waals surface area contributed by atoms with Gasteiger partial charge in [0, 0.05) is 26.2 Å². The number of benzene rings is 1. The fourth-order valence-corrected chi connectivity index (χ4v) is 2.96. The molecular formula is C16H23N5O2. The van der Waals surface area contributed by atoms with E-state index >= 15 is 0 Å². The normalized spacial score (nSPS) is 22.2. The lowest BCUT2D eigenvalue weighted by Crippen LogP contribution is -2.48. The fourth-order valence-electron chi connectivity index (χ4n) is 2.96. The second kappa shape index (κ2) is 6.97. The highest BCUT2D eigenvalue weighted by Crippen LogP contribution is 2.13. The molecule has 2 unspecified atom stereocenters. The second-order valence-electron chi connectivity index (χ2n) is 6.00. The van der Waals surface area contributed by atoms with Crippen molar-refractivity contribution in [3.05, 3.63) is 24.3 Å². The molecule has 3 N–H and O–H groups in total. The standard InChI is InChI=1S/C16H23N5O2/c1-11-9-21(10-12(2)23-11)8-7-17-16(22)20-15-18-13-5-3-4-6-14(13)19-15/h3-6,11-12H,7-10H2,1-2H3,(H3,17,18,19,20,22). The molecule has 7 heteroatoms. The van der Waals surface area contributed by atoms with Gasteiger partial charge in [0.1, 0.15) is 0 Å². The number of morpholine rings is 1. The summed E-state index contributed by atoms with van der Waals surface area (Å²) < 4.78 is 5.70. The van der Waals surface area contributed by atoms with Gasteiger partial charge in [-0.15, -0.1) is 0 Å². The number of fused-ring (bicyclic) bond motifs is 1. The Bertz CT molecular complexity index is 628. The molecule has 2 amide bonds. The minimum Gasteiger partial charge on any atom is -0.373 e. The van der Waals surface area contributed by atoms with E-state index in [4.69, 9.17) is 4.74 Å². The van der Waals surface area contributed by atoms with Gasteiger partial charge in [0.2, 0.25) is 5.95 Å². The van der Waals surface area contributed by atoms with Crippen LogP contribution in [0.15, 0.2) is 24.3 Å². The topological polar surface area (TPSA) is 82.3 Å². The van der Waals surface area contributed by atoms with Crippen LogP contribution in [0, 0.1) is 0 Å². The van der Waals surface area contributed by atoms with E-state index in [0.29, 0.717) is 12.5 Å². The lowest BCUT2D eigenvalue weighted by molar-refractivity contribution is -0.0672. The zero-order valence-electron chi connectivity index (χ0n) is 13.5. The zero-order chi connectivity index (χ0) is 16.2. The first-order chi connectivity index (χ1) is 11.1. The number of amides is 2. The lowest BCUT2D eigenvalue weighted by atomic mass is 10.2. The Morgan fingerprint density at radius 1 is 1.35 bits per heavy atom. The number of urea groups is 1. The molecule has 0 bridgehead atoms. The molecule has 1 aromatic carbocycles. The van der Waals surface area contributed by atoms with Crippen LogP contribution in [0.2, 0.25) is 0 Å². The van der Waals surface area contributed by atoms with Crippen molar-refractivity contribution in [3.8, 4) is 0 Å². The first-order valence-electron chi connectivity index (χ1n) is 7.97. The summed E-state index contributed by atoms with van der Waals surface area (Å²) in [5.41, 5.74) is 1.73. The van der Waals surface area contributed by atoms with Crippen LogP contribution < -0.4 is 10.6 Å². The SMILES string of the molecule is CC1CN(CCNC(=O)Nc2nc3ccccc3[nH]2)CC(C)O1. The molecule has 2 heterocycles. The van der Waals surface area contributed by atoms with Gasteiger partial charge in [-0.2, -0.15) is 0 Å². The van der Waals surface area contributed by atoms with E-state index in [1.807, 2.05) is 24.3 Å². The molecule has 0 radical (unpaired) electrons. The zero-order valence-corrected chi connectivity index (χ0v) is 13.5. The molecule has 1 aliphatic heterocycles. The number of aromatic nitrogens is 2.